The van der Waals surface area contributed by atoms with Crippen LogP contribution in [0.2, 0.25) is 0 Å². The first-order chi connectivity index (χ1) is 9.88. The zero-order valence-corrected chi connectivity index (χ0v) is 13.9. The molecule has 0 unspecified atom stereocenters. The summed E-state index contributed by atoms with van der Waals surface area (Å²) in [5.41, 5.74) is 1.95. The molecule has 21 heavy (non-hydrogen) atoms. The molecule has 0 aliphatic rings. The normalized spacial score (nSPS) is 12.5. The Morgan fingerprint density at radius 1 is 1.29 bits per heavy atom. The molecule has 0 saturated heterocycles. The van der Waals surface area contributed by atoms with Gasteiger partial charge in [0.25, 0.3) is 11.5 Å². The summed E-state index contributed by atoms with van der Waals surface area (Å²) < 4.78 is 0. The highest BCUT2D eigenvalue weighted by molar-refractivity contribution is 5.94. The van der Waals surface area contributed by atoms with E-state index in [-0.39, 0.29) is 23.1 Å². The lowest BCUT2D eigenvalue weighted by Crippen LogP contribution is -2.37. The Kier molecular flexibility index (Phi) is 6.66. The molecule has 1 aromatic rings. The van der Waals surface area contributed by atoms with Crippen LogP contribution in [-0.4, -0.2) is 16.9 Å². The fourth-order valence-corrected chi connectivity index (χ4v) is 2.64. The topological polar surface area (TPSA) is 62.0 Å². The minimum Gasteiger partial charge on any atom is -0.349 e. The highest BCUT2D eigenvalue weighted by Gasteiger charge is 2.16. The number of hydrogen-bond acceptors (Lipinski definition) is 2. The van der Waals surface area contributed by atoms with Gasteiger partial charge in [0.2, 0.25) is 0 Å². The van der Waals surface area contributed by atoms with Crippen LogP contribution in [0.3, 0.4) is 0 Å². The third-order valence-electron chi connectivity index (χ3n) is 3.54. The van der Waals surface area contributed by atoms with Crippen molar-refractivity contribution in [2.75, 3.05) is 0 Å². The van der Waals surface area contributed by atoms with Crippen molar-refractivity contribution in [2.24, 2.45) is 5.92 Å². The van der Waals surface area contributed by atoms with Crippen molar-refractivity contribution in [2.45, 2.75) is 66.3 Å². The van der Waals surface area contributed by atoms with Crippen LogP contribution in [0, 0.1) is 5.92 Å². The fraction of sp³-hybridized carbons (Fsp3) is 0.647. The van der Waals surface area contributed by atoms with E-state index in [1.54, 1.807) is 6.07 Å². The van der Waals surface area contributed by atoms with Crippen molar-refractivity contribution in [1.82, 2.24) is 10.3 Å². The maximum atomic E-state index is 12.3. The van der Waals surface area contributed by atoms with Gasteiger partial charge in [0.05, 0.1) is 0 Å². The van der Waals surface area contributed by atoms with Crippen LogP contribution >= 0.6 is 0 Å². The molecule has 118 valence electrons. The number of aryl methyl sites for hydroxylation is 2. The minimum absolute atomic E-state index is 0.0669. The smallest absolute Gasteiger partial charge is 0.261 e. The van der Waals surface area contributed by atoms with Gasteiger partial charge >= 0.3 is 0 Å². The molecule has 4 nitrogen and oxygen atoms in total. The van der Waals surface area contributed by atoms with Gasteiger partial charge in [-0.05, 0) is 43.7 Å². The standard InChI is InChI=1S/C17H28N2O2/c1-6-8-15-13(7-2)10-14(17(21)19-15)16(20)18-12(5)9-11(3)4/h10-12H,6-9H2,1-5H3,(H,18,20)(H,19,21)/t12-/m0/s1. The number of aromatic amines is 1. The van der Waals surface area contributed by atoms with E-state index in [1.807, 2.05) is 13.8 Å². The van der Waals surface area contributed by atoms with Crippen molar-refractivity contribution < 1.29 is 4.79 Å². The molecule has 1 amide bonds. The molecule has 0 spiro atoms. The second-order valence-electron chi connectivity index (χ2n) is 6.12. The van der Waals surface area contributed by atoms with Gasteiger partial charge in [-0.15, -0.1) is 0 Å². The zero-order chi connectivity index (χ0) is 16.0. The number of aromatic nitrogens is 1. The van der Waals surface area contributed by atoms with Gasteiger partial charge < -0.3 is 10.3 Å². The molecule has 0 radical (unpaired) electrons. The summed E-state index contributed by atoms with van der Waals surface area (Å²) in [5, 5.41) is 2.91. The summed E-state index contributed by atoms with van der Waals surface area (Å²) in [4.78, 5) is 27.3. The molecule has 0 saturated carbocycles. The van der Waals surface area contributed by atoms with Crippen LogP contribution in [0.25, 0.3) is 0 Å². The molecular weight excluding hydrogens is 264 g/mol. The lowest BCUT2D eigenvalue weighted by atomic mass is 10.0. The SMILES string of the molecule is CCCc1[nH]c(=O)c(C(=O)N[C@@H](C)CC(C)C)cc1CC. The number of nitrogens with one attached hydrogen (secondary N) is 2. The largest absolute Gasteiger partial charge is 0.349 e. The van der Waals surface area contributed by atoms with Gasteiger partial charge in [-0.2, -0.15) is 0 Å². The van der Waals surface area contributed by atoms with Crippen LogP contribution in [0.15, 0.2) is 10.9 Å². The summed E-state index contributed by atoms with van der Waals surface area (Å²) >= 11 is 0. The molecule has 4 heteroatoms. The summed E-state index contributed by atoms with van der Waals surface area (Å²) in [7, 11) is 0. The summed E-state index contributed by atoms with van der Waals surface area (Å²) in [6.07, 6.45) is 3.52. The first-order valence-electron chi connectivity index (χ1n) is 7.94. The van der Waals surface area contributed by atoms with E-state index in [9.17, 15) is 9.59 Å². The summed E-state index contributed by atoms with van der Waals surface area (Å²) in [6.45, 7) is 10.3. The maximum absolute atomic E-state index is 12.3. The predicted molar refractivity (Wildman–Crippen MR) is 86.8 cm³/mol. The fourth-order valence-electron chi connectivity index (χ4n) is 2.64. The molecule has 1 atom stereocenters. The molecule has 1 heterocycles. The Morgan fingerprint density at radius 2 is 1.95 bits per heavy atom. The second kappa shape index (κ2) is 8.01. The Balaban J connectivity index is 2.97. The van der Waals surface area contributed by atoms with Crippen molar-refractivity contribution in [1.29, 1.82) is 0 Å². The quantitative estimate of drug-likeness (QED) is 0.811. The molecule has 0 bridgehead atoms. The predicted octanol–water partition coefficient (Wildman–Crippen LogP) is 3.05. The van der Waals surface area contributed by atoms with Crippen molar-refractivity contribution >= 4 is 5.91 Å². The highest BCUT2D eigenvalue weighted by atomic mass is 16.2. The number of hydrogen-bond donors (Lipinski definition) is 2. The van der Waals surface area contributed by atoms with Crippen LogP contribution in [0.1, 0.15) is 69.1 Å². The zero-order valence-electron chi connectivity index (χ0n) is 13.9. The van der Waals surface area contributed by atoms with E-state index in [0.29, 0.717) is 5.92 Å². The molecule has 0 aromatic carbocycles. The Bertz CT molecular complexity index is 532. The lowest BCUT2D eigenvalue weighted by Gasteiger charge is -2.16. The number of rotatable bonds is 7. The van der Waals surface area contributed by atoms with Gasteiger partial charge in [0.15, 0.2) is 0 Å². The second-order valence-corrected chi connectivity index (χ2v) is 6.12. The number of pyridine rings is 1. The molecule has 1 rings (SSSR count). The maximum Gasteiger partial charge on any atom is 0.261 e. The first-order valence-corrected chi connectivity index (χ1v) is 7.94. The number of carbonyl (C=O) groups excluding carboxylic acids is 1. The minimum atomic E-state index is -0.287. The number of carbonyl (C=O) groups is 1. The summed E-state index contributed by atoms with van der Waals surface area (Å²) in [6, 6.07) is 1.82. The van der Waals surface area contributed by atoms with E-state index in [4.69, 9.17) is 0 Å². The van der Waals surface area contributed by atoms with Gasteiger partial charge in [0.1, 0.15) is 5.56 Å². The van der Waals surface area contributed by atoms with E-state index in [1.165, 1.54) is 0 Å². The van der Waals surface area contributed by atoms with Crippen LogP contribution in [0.5, 0.6) is 0 Å². The average Bonchev–Trinajstić information content (AvgIpc) is 2.38. The van der Waals surface area contributed by atoms with E-state index >= 15 is 0 Å². The number of amides is 1. The van der Waals surface area contributed by atoms with Crippen molar-refractivity contribution in [3.63, 3.8) is 0 Å². The number of H-pyrrole nitrogens is 1. The Morgan fingerprint density at radius 3 is 2.48 bits per heavy atom. The molecule has 0 aliphatic carbocycles. The highest BCUT2D eigenvalue weighted by Crippen LogP contribution is 2.10. The molecule has 2 N–H and O–H groups in total. The molecule has 0 aliphatic heterocycles. The van der Waals surface area contributed by atoms with Gasteiger partial charge in [-0.25, -0.2) is 0 Å². The Labute approximate surface area is 127 Å². The van der Waals surface area contributed by atoms with Crippen molar-refractivity contribution in [3.8, 4) is 0 Å². The molecule has 0 fully saturated rings. The van der Waals surface area contributed by atoms with Gasteiger partial charge in [0, 0.05) is 11.7 Å². The Hall–Kier alpha value is -1.58. The van der Waals surface area contributed by atoms with Gasteiger partial charge in [-0.1, -0.05) is 34.1 Å². The average molecular weight is 292 g/mol. The van der Waals surface area contributed by atoms with Crippen molar-refractivity contribution in [3.05, 3.63) is 33.2 Å². The van der Waals surface area contributed by atoms with E-state index in [2.05, 4.69) is 31.1 Å². The molecule has 1 aromatic heterocycles. The first kappa shape index (κ1) is 17.5. The summed E-state index contributed by atoms with van der Waals surface area (Å²) in [5.74, 6) is 0.235. The molecular formula is C17H28N2O2. The van der Waals surface area contributed by atoms with Crippen LogP contribution in [0.4, 0.5) is 0 Å². The third-order valence-corrected chi connectivity index (χ3v) is 3.54. The van der Waals surface area contributed by atoms with Gasteiger partial charge in [-0.3, -0.25) is 9.59 Å². The van der Waals surface area contributed by atoms with Crippen LogP contribution in [-0.2, 0) is 12.8 Å². The van der Waals surface area contributed by atoms with Crippen LogP contribution < -0.4 is 10.9 Å². The lowest BCUT2D eigenvalue weighted by molar-refractivity contribution is 0.0934. The van der Waals surface area contributed by atoms with E-state index in [0.717, 1.165) is 36.9 Å². The van der Waals surface area contributed by atoms with E-state index < -0.39 is 0 Å². The third kappa shape index (κ3) is 5.03. The monoisotopic (exact) mass is 292 g/mol.